The van der Waals surface area contributed by atoms with Gasteiger partial charge in [-0.1, -0.05) is 18.0 Å². The number of piperidine rings is 1. The summed E-state index contributed by atoms with van der Waals surface area (Å²) in [5, 5.41) is 13.6. The fourth-order valence-corrected chi connectivity index (χ4v) is 2.16. The second-order valence-electron chi connectivity index (χ2n) is 4.44. The molecule has 1 unspecified atom stereocenters. The molecule has 1 fully saturated rings. The van der Waals surface area contributed by atoms with E-state index in [2.05, 4.69) is 5.32 Å². The van der Waals surface area contributed by atoms with E-state index in [1.807, 2.05) is 0 Å². The number of nitrogens with one attached hydrogen (secondary N) is 1. The Kier molecular flexibility index (Phi) is 4.39. The van der Waals surface area contributed by atoms with E-state index in [1.54, 1.807) is 24.3 Å². The largest absolute Gasteiger partial charge is 0.507 e. The average Bonchev–Trinajstić information content (AvgIpc) is 2.40. The van der Waals surface area contributed by atoms with Crippen molar-refractivity contribution in [1.82, 2.24) is 5.32 Å². The first-order valence-corrected chi connectivity index (χ1v) is 6.48. The Hall–Kier alpha value is -1.32. The van der Waals surface area contributed by atoms with Gasteiger partial charge in [0.1, 0.15) is 5.76 Å². The molecule has 0 saturated carbocycles. The van der Waals surface area contributed by atoms with Crippen molar-refractivity contribution in [3.05, 3.63) is 40.9 Å². The SMILES string of the molecule is O=C(/C=C(\O)c1ccc(Cl)cc1)C1CCCCN1. The Morgan fingerprint density at radius 2 is 2.06 bits per heavy atom. The van der Waals surface area contributed by atoms with Gasteiger partial charge in [-0.15, -0.1) is 0 Å². The molecule has 1 heterocycles. The highest BCUT2D eigenvalue weighted by Crippen LogP contribution is 2.16. The second-order valence-corrected chi connectivity index (χ2v) is 4.88. The van der Waals surface area contributed by atoms with Crippen LogP contribution < -0.4 is 5.32 Å². The lowest BCUT2D eigenvalue weighted by molar-refractivity contribution is -0.117. The summed E-state index contributed by atoms with van der Waals surface area (Å²) in [6.45, 7) is 0.867. The van der Waals surface area contributed by atoms with Gasteiger partial charge in [0.15, 0.2) is 5.78 Å². The van der Waals surface area contributed by atoms with Crippen molar-refractivity contribution >= 4 is 23.1 Å². The number of ketones is 1. The Morgan fingerprint density at radius 1 is 1.33 bits per heavy atom. The standard InChI is InChI=1S/C14H16ClNO2/c15-11-6-4-10(5-7-11)13(17)9-14(18)12-3-1-2-8-16-12/h4-7,9,12,16-17H,1-3,8H2/b13-9-. The summed E-state index contributed by atoms with van der Waals surface area (Å²) in [6, 6.07) is 6.59. The third kappa shape index (κ3) is 3.34. The predicted octanol–water partition coefficient (Wildman–Crippen LogP) is 2.95. The van der Waals surface area contributed by atoms with Crippen LogP contribution in [0.25, 0.3) is 5.76 Å². The molecule has 1 aliphatic rings. The van der Waals surface area contributed by atoms with Crippen LogP contribution in [0, 0.1) is 0 Å². The summed E-state index contributed by atoms with van der Waals surface area (Å²) in [6.07, 6.45) is 4.30. The van der Waals surface area contributed by atoms with Crippen molar-refractivity contribution in [3.63, 3.8) is 0 Å². The lowest BCUT2D eigenvalue weighted by atomic mass is 10.00. The molecule has 18 heavy (non-hydrogen) atoms. The van der Waals surface area contributed by atoms with E-state index >= 15 is 0 Å². The van der Waals surface area contributed by atoms with Gasteiger partial charge < -0.3 is 10.4 Å². The molecule has 96 valence electrons. The minimum atomic E-state index is -0.159. The quantitative estimate of drug-likeness (QED) is 0.653. The number of aliphatic hydroxyl groups excluding tert-OH is 1. The molecule has 0 amide bonds. The first kappa shape index (κ1) is 13.1. The summed E-state index contributed by atoms with van der Waals surface area (Å²) in [4.78, 5) is 11.9. The first-order chi connectivity index (χ1) is 8.66. The summed E-state index contributed by atoms with van der Waals surface area (Å²) in [7, 11) is 0. The molecular weight excluding hydrogens is 250 g/mol. The van der Waals surface area contributed by atoms with E-state index in [0.717, 1.165) is 25.8 Å². The van der Waals surface area contributed by atoms with Crippen LogP contribution in [0.15, 0.2) is 30.3 Å². The van der Waals surface area contributed by atoms with Crippen LogP contribution in [-0.4, -0.2) is 23.5 Å². The lowest BCUT2D eigenvalue weighted by Crippen LogP contribution is -2.39. The maximum Gasteiger partial charge on any atom is 0.176 e. The van der Waals surface area contributed by atoms with Gasteiger partial charge in [0.25, 0.3) is 0 Å². The molecule has 0 aliphatic carbocycles. The fraction of sp³-hybridized carbons (Fsp3) is 0.357. The minimum absolute atomic E-state index is 0.0101. The number of benzene rings is 1. The minimum Gasteiger partial charge on any atom is -0.507 e. The molecule has 0 spiro atoms. The molecule has 1 saturated heterocycles. The van der Waals surface area contributed by atoms with Crippen molar-refractivity contribution < 1.29 is 9.90 Å². The van der Waals surface area contributed by atoms with Crippen molar-refractivity contribution in [3.8, 4) is 0 Å². The highest BCUT2D eigenvalue weighted by atomic mass is 35.5. The van der Waals surface area contributed by atoms with Gasteiger partial charge in [0.2, 0.25) is 0 Å². The van der Waals surface area contributed by atoms with Crippen LogP contribution in [0.1, 0.15) is 24.8 Å². The lowest BCUT2D eigenvalue weighted by Gasteiger charge is -2.20. The van der Waals surface area contributed by atoms with Gasteiger partial charge >= 0.3 is 0 Å². The summed E-state index contributed by atoms with van der Waals surface area (Å²) in [5.74, 6) is -0.0776. The van der Waals surface area contributed by atoms with E-state index in [1.165, 1.54) is 6.08 Å². The topological polar surface area (TPSA) is 49.3 Å². The van der Waals surface area contributed by atoms with Crippen LogP contribution in [0.4, 0.5) is 0 Å². The Morgan fingerprint density at radius 3 is 2.67 bits per heavy atom. The van der Waals surface area contributed by atoms with Gasteiger partial charge in [0, 0.05) is 16.7 Å². The van der Waals surface area contributed by atoms with Crippen LogP contribution >= 0.6 is 11.6 Å². The van der Waals surface area contributed by atoms with Gasteiger partial charge in [0.05, 0.1) is 6.04 Å². The van der Waals surface area contributed by atoms with Crippen molar-refractivity contribution in [2.75, 3.05) is 6.54 Å². The van der Waals surface area contributed by atoms with E-state index in [9.17, 15) is 9.90 Å². The molecule has 2 N–H and O–H groups in total. The number of hydrogen-bond acceptors (Lipinski definition) is 3. The van der Waals surface area contributed by atoms with Crippen LogP contribution in [0.2, 0.25) is 5.02 Å². The summed E-state index contributed by atoms with van der Waals surface area (Å²) in [5.41, 5.74) is 0.601. The molecule has 1 aromatic carbocycles. The van der Waals surface area contributed by atoms with E-state index in [-0.39, 0.29) is 17.6 Å². The Bertz CT molecular complexity index is 447. The number of carbonyl (C=O) groups is 1. The van der Waals surface area contributed by atoms with Crippen molar-refractivity contribution in [1.29, 1.82) is 0 Å². The van der Waals surface area contributed by atoms with E-state index in [0.29, 0.717) is 10.6 Å². The number of rotatable bonds is 3. The Balaban J connectivity index is 2.07. The first-order valence-electron chi connectivity index (χ1n) is 6.10. The fourth-order valence-electron chi connectivity index (χ4n) is 2.03. The number of carbonyl (C=O) groups excluding carboxylic acids is 1. The molecule has 2 rings (SSSR count). The van der Waals surface area contributed by atoms with Gasteiger partial charge in [-0.25, -0.2) is 0 Å². The zero-order valence-electron chi connectivity index (χ0n) is 10.0. The number of halogens is 1. The summed E-state index contributed by atoms with van der Waals surface area (Å²) < 4.78 is 0. The molecule has 1 atom stereocenters. The van der Waals surface area contributed by atoms with Gasteiger partial charge in [-0.05, 0) is 43.7 Å². The zero-order chi connectivity index (χ0) is 13.0. The number of hydrogen-bond donors (Lipinski definition) is 2. The van der Waals surface area contributed by atoms with Gasteiger partial charge in [-0.2, -0.15) is 0 Å². The van der Waals surface area contributed by atoms with Crippen LogP contribution in [0.3, 0.4) is 0 Å². The second kappa shape index (κ2) is 6.03. The third-order valence-electron chi connectivity index (χ3n) is 3.07. The highest BCUT2D eigenvalue weighted by molar-refractivity contribution is 6.30. The maximum absolute atomic E-state index is 11.9. The zero-order valence-corrected chi connectivity index (χ0v) is 10.8. The van der Waals surface area contributed by atoms with Crippen LogP contribution in [0.5, 0.6) is 0 Å². The highest BCUT2D eigenvalue weighted by Gasteiger charge is 2.19. The molecule has 0 radical (unpaired) electrons. The van der Waals surface area contributed by atoms with Crippen LogP contribution in [-0.2, 0) is 4.79 Å². The third-order valence-corrected chi connectivity index (χ3v) is 3.32. The molecule has 1 aliphatic heterocycles. The molecule has 0 bridgehead atoms. The van der Waals surface area contributed by atoms with Crippen molar-refractivity contribution in [2.24, 2.45) is 0 Å². The molecule has 0 aromatic heterocycles. The van der Waals surface area contributed by atoms with E-state index < -0.39 is 0 Å². The average molecular weight is 266 g/mol. The predicted molar refractivity (Wildman–Crippen MR) is 72.7 cm³/mol. The monoisotopic (exact) mass is 265 g/mol. The van der Waals surface area contributed by atoms with E-state index in [4.69, 9.17) is 11.6 Å². The van der Waals surface area contributed by atoms with Crippen molar-refractivity contribution in [2.45, 2.75) is 25.3 Å². The summed E-state index contributed by atoms with van der Waals surface area (Å²) >= 11 is 5.77. The smallest absolute Gasteiger partial charge is 0.176 e. The molecular formula is C14H16ClNO2. The molecule has 4 heteroatoms. The molecule has 3 nitrogen and oxygen atoms in total. The maximum atomic E-state index is 11.9. The molecule has 1 aromatic rings. The number of aliphatic hydroxyl groups is 1. The Labute approximate surface area is 111 Å². The normalized spacial score (nSPS) is 20.7. The van der Waals surface area contributed by atoms with Gasteiger partial charge in [-0.3, -0.25) is 4.79 Å².